The lowest BCUT2D eigenvalue weighted by Crippen LogP contribution is -2.33. The summed E-state index contributed by atoms with van der Waals surface area (Å²) in [6.07, 6.45) is 7.30. The maximum Gasteiger partial charge on any atom is 0.0541 e. The molecule has 1 aliphatic carbocycles. The quantitative estimate of drug-likeness (QED) is 0.860. The molecule has 0 spiro atoms. The Morgan fingerprint density at radius 2 is 2.00 bits per heavy atom. The number of pyridine rings is 1. The van der Waals surface area contributed by atoms with Crippen LogP contribution in [0.5, 0.6) is 0 Å². The molecule has 0 atom stereocenters. The molecule has 1 saturated carbocycles. The van der Waals surface area contributed by atoms with Gasteiger partial charge in [-0.25, -0.2) is 0 Å². The largest absolute Gasteiger partial charge is 0.308 e. The van der Waals surface area contributed by atoms with E-state index >= 15 is 0 Å². The maximum absolute atomic E-state index is 4.34. The Labute approximate surface area is 105 Å². The summed E-state index contributed by atoms with van der Waals surface area (Å²) in [6.45, 7) is 5.62. The van der Waals surface area contributed by atoms with Crippen molar-refractivity contribution < 1.29 is 0 Å². The second-order valence-electron chi connectivity index (χ2n) is 5.56. The van der Waals surface area contributed by atoms with E-state index in [1.807, 2.05) is 12.3 Å². The molecule has 1 aromatic heterocycles. The van der Waals surface area contributed by atoms with Crippen LogP contribution in [0, 0.1) is 11.8 Å². The van der Waals surface area contributed by atoms with E-state index in [0.717, 1.165) is 24.1 Å². The molecule has 1 N–H and O–H groups in total. The molecule has 0 radical (unpaired) electrons. The summed E-state index contributed by atoms with van der Waals surface area (Å²) in [5.74, 6) is 1.80. The van der Waals surface area contributed by atoms with Crippen LogP contribution in [-0.4, -0.2) is 11.0 Å². The van der Waals surface area contributed by atoms with Crippen LogP contribution in [0.3, 0.4) is 0 Å². The van der Waals surface area contributed by atoms with Crippen LogP contribution in [0.15, 0.2) is 24.4 Å². The predicted molar refractivity (Wildman–Crippen MR) is 71.7 cm³/mol. The van der Waals surface area contributed by atoms with Crippen LogP contribution in [0.25, 0.3) is 0 Å². The highest BCUT2D eigenvalue weighted by molar-refractivity contribution is 5.03. The van der Waals surface area contributed by atoms with Gasteiger partial charge in [0, 0.05) is 18.8 Å². The first kappa shape index (κ1) is 12.6. The Balaban J connectivity index is 1.72. The van der Waals surface area contributed by atoms with Crippen molar-refractivity contribution in [1.29, 1.82) is 0 Å². The van der Waals surface area contributed by atoms with E-state index in [1.54, 1.807) is 0 Å². The van der Waals surface area contributed by atoms with E-state index in [2.05, 4.69) is 36.3 Å². The van der Waals surface area contributed by atoms with Crippen LogP contribution >= 0.6 is 0 Å². The highest BCUT2D eigenvalue weighted by atomic mass is 14.9. The van der Waals surface area contributed by atoms with Gasteiger partial charge in [0.1, 0.15) is 0 Å². The van der Waals surface area contributed by atoms with Gasteiger partial charge in [0.15, 0.2) is 0 Å². The van der Waals surface area contributed by atoms with Crippen molar-refractivity contribution in [1.82, 2.24) is 10.3 Å². The van der Waals surface area contributed by atoms with Crippen molar-refractivity contribution in [3.63, 3.8) is 0 Å². The third-order valence-corrected chi connectivity index (χ3v) is 4.01. The Bertz CT molecular complexity index is 313. The van der Waals surface area contributed by atoms with Crippen molar-refractivity contribution in [2.45, 2.75) is 52.1 Å². The third-order valence-electron chi connectivity index (χ3n) is 4.01. The molecule has 0 bridgehead atoms. The van der Waals surface area contributed by atoms with Gasteiger partial charge in [-0.05, 0) is 49.7 Å². The Hall–Kier alpha value is -0.890. The van der Waals surface area contributed by atoms with Crippen molar-refractivity contribution in [2.24, 2.45) is 11.8 Å². The number of nitrogens with zero attached hydrogens (tertiary/aromatic N) is 1. The van der Waals surface area contributed by atoms with Gasteiger partial charge in [0.2, 0.25) is 0 Å². The Morgan fingerprint density at radius 3 is 2.59 bits per heavy atom. The summed E-state index contributed by atoms with van der Waals surface area (Å²) in [5.41, 5.74) is 1.15. The second kappa shape index (κ2) is 6.15. The first-order valence-corrected chi connectivity index (χ1v) is 6.89. The first-order valence-electron chi connectivity index (χ1n) is 6.89. The Morgan fingerprint density at radius 1 is 1.24 bits per heavy atom. The number of rotatable bonds is 4. The zero-order valence-electron chi connectivity index (χ0n) is 11.0. The van der Waals surface area contributed by atoms with Crippen LogP contribution in [-0.2, 0) is 6.54 Å². The summed E-state index contributed by atoms with van der Waals surface area (Å²) < 4.78 is 0. The second-order valence-corrected chi connectivity index (χ2v) is 5.56. The van der Waals surface area contributed by atoms with Gasteiger partial charge in [-0.15, -0.1) is 0 Å². The van der Waals surface area contributed by atoms with Gasteiger partial charge >= 0.3 is 0 Å². The zero-order valence-corrected chi connectivity index (χ0v) is 11.0. The molecule has 0 amide bonds. The minimum absolute atomic E-state index is 0.701. The molecule has 94 valence electrons. The smallest absolute Gasteiger partial charge is 0.0541 e. The molecule has 1 aromatic rings. The van der Waals surface area contributed by atoms with Crippen LogP contribution in [0.1, 0.15) is 45.2 Å². The van der Waals surface area contributed by atoms with Gasteiger partial charge in [0.25, 0.3) is 0 Å². The molecule has 0 aliphatic heterocycles. The molecular formula is C15H24N2. The van der Waals surface area contributed by atoms with Gasteiger partial charge in [-0.2, -0.15) is 0 Å². The lowest BCUT2D eigenvalue weighted by molar-refractivity contribution is 0.238. The minimum atomic E-state index is 0.701. The van der Waals surface area contributed by atoms with E-state index in [9.17, 15) is 0 Å². The highest BCUT2D eigenvalue weighted by Gasteiger charge is 2.22. The standard InChI is InChI=1S/C15H24N2/c1-12(2)13-6-8-14(9-7-13)17-11-15-5-3-4-10-16-15/h3-5,10,12-14,17H,6-9,11H2,1-2H3. The minimum Gasteiger partial charge on any atom is -0.308 e. The number of hydrogen-bond acceptors (Lipinski definition) is 2. The van der Waals surface area contributed by atoms with E-state index in [4.69, 9.17) is 0 Å². The number of nitrogens with one attached hydrogen (secondary N) is 1. The van der Waals surface area contributed by atoms with Crippen molar-refractivity contribution in [3.8, 4) is 0 Å². The van der Waals surface area contributed by atoms with E-state index in [-0.39, 0.29) is 0 Å². The summed E-state index contributed by atoms with van der Waals surface area (Å²) >= 11 is 0. The van der Waals surface area contributed by atoms with E-state index in [1.165, 1.54) is 25.7 Å². The molecule has 17 heavy (non-hydrogen) atoms. The summed E-state index contributed by atoms with van der Waals surface area (Å²) in [4.78, 5) is 4.34. The lowest BCUT2D eigenvalue weighted by Gasteiger charge is -2.31. The first-order chi connectivity index (χ1) is 8.25. The number of aromatic nitrogens is 1. The SMILES string of the molecule is CC(C)C1CCC(NCc2ccccn2)CC1. The molecular weight excluding hydrogens is 208 g/mol. The summed E-state index contributed by atoms with van der Waals surface area (Å²) in [5, 5.41) is 3.63. The molecule has 0 unspecified atom stereocenters. The van der Waals surface area contributed by atoms with Crippen LogP contribution in [0.2, 0.25) is 0 Å². The topological polar surface area (TPSA) is 24.9 Å². The maximum atomic E-state index is 4.34. The van der Waals surface area contributed by atoms with Crippen molar-refractivity contribution in [3.05, 3.63) is 30.1 Å². The predicted octanol–water partition coefficient (Wildman–Crippen LogP) is 3.39. The zero-order chi connectivity index (χ0) is 12.1. The Kier molecular flexibility index (Phi) is 4.55. The molecule has 1 heterocycles. The van der Waals surface area contributed by atoms with Crippen LogP contribution < -0.4 is 5.32 Å². The van der Waals surface area contributed by atoms with Gasteiger partial charge in [-0.1, -0.05) is 19.9 Å². The molecule has 1 aliphatic rings. The molecule has 1 fully saturated rings. The normalized spacial score (nSPS) is 25.1. The van der Waals surface area contributed by atoms with Gasteiger partial charge in [-0.3, -0.25) is 4.98 Å². The van der Waals surface area contributed by atoms with Crippen LogP contribution in [0.4, 0.5) is 0 Å². The van der Waals surface area contributed by atoms with Crippen molar-refractivity contribution >= 4 is 0 Å². The molecule has 2 rings (SSSR count). The average Bonchev–Trinajstić information content (AvgIpc) is 2.38. The summed E-state index contributed by atoms with van der Waals surface area (Å²) in [7, 11) is 0. The van der Waals surface area contributed by atoms with E-state index < -0.39 is 0 Å². The molecule has 2 nitrogen and oxygen atoms in total. The third kappa shape index (κ3) is 3.81. The monoisotopic (exact) mass is 232 g/mol. The summed E-state index contributed by atoms with van der Waals surface area (Å²) in [6, 6.07) is 6.82. The fourth-order valence-corrected chi connectivity index (χ4v) is 2.74. The average molecular weight is 232 g/mol. The van der Waals surface area contributed by atoms with Gasteiger partial charge in [0.05, 0.1) is 5.69 Å². The van der Waals surface area contributed by atoms with Gasteiger partial charge < -0.3 is 5.32 Å². The highest BCUT2D eigenvalue weighted by Crippen LogP contribution is 2.29. The van der Waals surface area contributed by atoms with E-state index in [0.29, 0.717) is 6.04 Å². The molecule has 0 saturated heterocycles. The fourth-order valence-electron chi connectivity index (χ4n) is 2.74. The lowest BCUT2D eigenvalue weighted by atomic mass is 9.80. The number of hydrogen-bond donors (Lipinski definition) is 1. The molecule has 0 aromatic carbocycles. The fraction of sp³-hybridized carbons (Fsp3) is 0.667. The van der Waals surface area contributed by atoms with Crippen molar-refractivity contribution in [2.75, 3.05) is 0 Å². The molecule has 2 heteroatoms.